The molecule has 70 valence electrons. The second kappa shape index (κ2) is 3.94. The van der Waals surface area contributed by atoms with Gasteiger partial charge in [0.1, 0.15) is 0 Å². The van der Waals surface area contributed by atoms with Gasteiger partial charge in [-0.25, -0.2) is 0 Å². The zero-order valence-electron chi connectivity index (χ0n) is 8.33. The monoisotopic (exact) mass is 178 g/mol. The Hall–Kier alpha value is -0.795. The van der Waals surface area contributed by atoms with E-state index < -0.39 is 7.12 Å². The van der Waals surface area contributed by atoms with E-state index in [0.29, 0.717) is 5.46 Å². The molecule has 0 atom stereocenters. The van der Waals surface area contributed by atoms with E-state index in [0.717, 1.165) is 23.1 Å². The third-order valence-electron chi connectivity index (χ3n) is 2.28. The Balaban J connectivity index is 3.29. The summed E-state index contributed by atoms with van der Waals surface area (Å²) < 4.78 is 0. The van der Waals surface area contributed by atoms with Crippen LogP contribution in [-0.2, 0) is 6.42 Å². The molecule has 2 nitrogen and oxygen atoms in total. The minimum absolute atomic E-state index is 0.639. The van der Waals surface area contributed by atoms with Gasteiger partial charge < -0.3 is 10.0 Å². The van der Waals surface area contributed by atoms with Gasteiger partial charge in [-0.2, -0.15) is 0 Å². The number of aryl methyl sites for hydroxylation is 2. The van der Waals surface area contributed by atoms with Gasteiger partial charge >= 0.3 is 7.12 Å². The lowest BCUT2D eigenvalue weighted by molar-refractivity contribution is 0.425. The molecule has 0 radical (unpaired) electrons. The molecule has 0 saturated carbocycles. The molecule has 2 N–H and O–H groups in total. The average molecular weight is 178 g/mol. The molecule has 0 heterocycles. The molecule has 0 aliphatic rings. The van der Waals surface area contributed by atoms with E-state index in [1.165, 1.54) is 0 Å². The number of benzene rings is 1. The Morgan fingerprint density at radius 3 is 2.31 bits per heavy atom. The molecule has 1 rings (SSSR count). The molecule has 0 aliphatic carbocycles. The highest BCUT2D eigenvalue weighted by Gasteiger charge is 2.16. The van der Waals surface area contributed by atoms with Gasteiger partial charge in [0.15, 0.2) is 0 Å². The molecule has 3 heteroatoms. The van der Waals surface area contributed by atoms with Crippen LogP contribution in [0.2, 0.25) is 0 Å². The van der Waals surface area contributed by atoms with Crippen molar-refractivity contribution >= 4 is 12.6 Å². The number of rotatable bonds is 2. The van der Waals surface area contributed by atoms with Crippen LogP contribution in [0.4, 0.5) is 0 Å². The SMILES string of the molecule is CCc1c(C)cc(C)cc1B(O)O. The summed E-state index contributed by atoms with van der Waals surface area (Å²) in [5, 5.41) is 18.3. The standard InChI is InChI=1S/C10H15BO2/c1-4-9-8(3)5-7(2)6-10(9)11(12)13/h5-6,12-13H,4H2,1-3H3. The Bertz CT molecular complexity index is 308. The molecule has 0 amide bonds. The van der Waals surface area contributed by atoms with Crippen molar-refractivity contribution < 1.29 is 10.0 Å². The molecule has 0 aliphatic heterocycles. The summed E-state index contributed by atoms with van der Waals surface area (Å²) in [5.41, 5.74) is 3.88. The van der Waals surface area contributed by atoms with Crippen LogP contribution in [0.15, 0.2) is 12.1 Å². The number of hydrogen-bond donors (Lipinski definition) is 2. The zero-order valence-corrected chi connectivity index (χ0v) is 8.33. The lowest BCUT2D eigenvalue weighted by Gasteiger charge is -2.11. The van der Waals surface area contributed by atoms with Gasteiger partial charge in [0.2, 0.25) is 0 Å². The Kier molecular flexibility index (Phi) is 3.12. The van der Waals surface area contributed by atoms with E-state index in [9.17, 15) is 0 Å². The normalized spacial score (nSPS) is 10.2. The van der Waals surface area contributed by atoms with Crippen LogP contribution in [0.25, 0.3) is 0 Å². The lowest BCUT2D eigenvalue weighted by Crippen LogP contribution is -2.33. The van der Waals surface area contributed by atoms with E-state index in [2.05, 4.69) is 6.07 Å². The molecule has 0 unspecified atom stereocenters. The van der Waals surface area contributed by atoms with Crippen LogP contribution in [0, 0.1) is 13.8 Å². The maximum atomic E-state index is 9.14. The second-order valence-corrected chi connectivity index (χ2v) is 3.38. The smallest absolute Gasteiger partial charge is 0.423 e. The third kappa shape index (κ3) is 2.11. The van der Waals surface area contributed by atoms with Gasteiger partial charge in [0.25, 0.3) is 0 Å². The predicted molar refractivity (Wildman–Crippen MR) is 55.1 cm³/mol. The van der Waals surface area contributed by atoms with Crippen molar-refractivity contribution in [2.45, 2.75) is 27.2 Å². The molecule has 0 saturated heterocycles. The van der Waals surface area contributed by atoms with Crippen LogP contribution in [0.3, 0.4) is 0 Å². The maximum absolute atomic E-state index is 9.14. The van der Waals surface area contributed by atoms with Crippen LogP contribution in [0.5, 0.6) is 0 Å². The molecular formula is C10H15BO2. The molecule has 0 fully saturated rings. The summed E-state index contributed by atoms with van der Waals surface area (Å²) in [6.45, 7) is 5.97. The molecule has 13 heavy (non-hydrogen) atoms. The zero-order chi connectivity index (χ0) is 10.0. The maximum Gasteiger partial charge on any atom is 0.488 e. The fourth-order valence-electron chi connectivity index (χ4n) is 1.74. The highest BCUT2D eigenvalue weighted by atomic mass is 16.4. The molecular weight excluding hydrogens is 163 g/mol. The van der Waals surface area contributed by atoms with Crippen molar-refractivity contribution in [3.05, 3.63) is 28.8 Å². The first kappa shape index (κ1) is 10.3. The van der Waals surface area contributed by atoms with Crippen molar-refractivity contribution in [2.75, 3.05) is 0 Å². The Morgan fingerprint density at radius 1 is 1.23 bits per heavy atom. The Labute approximate surface area is 79.4 Å². The van der Waals surface area contributed by atoms with E-state index in [1.807, 2.05) is 26.8 Å². The molecule has 0 spiro atoms. The van der Waals surface area contributed by atoms with Crippen molar-refractivity contribution in [2.24, 2.45) is 0 Å². The topological polar surface area (TPSA) is 40.5 Å². The van der Waals surface area contributed by atoms with Crippen LogP contribution in [0.1, 0.15) is 23.6 Å². The highest BCUT2D eigenvalue weighted by molar-refractivity contribution is 6.59. The molecule has 0 aromatic heterocycles. The first-order chi connectivity index (χ1) is 6.06. The third-order valence-corrected chi connectivity index (χ3v) is 2.28. The van der Waals surface area contributed by atoms with Crippen molar-refractivity contribution in [1.29, 1.82) is 0 Å². The van der Waals surface area contributed by atoms with Crippen molar-refractivity contribution in [3.8, 4) is 0 Å². The lowest BCUT2D eigenvalue weighted by atomic mass is 9.74. The fraction of sp³-hybridized carbons (Fsp3) is 0.400. The predicted octanol–water partition coefficient (Wildman–Crippen LogP) is 0.546. The molecule has 1 aromatic rings. The molecule has 1 aromatic carbocycles. The minimum Gasteiger partial charge on any atom is -0.423 e. The summed E-state index contributed by atoms with van der Waals surface area (Å²) >= 11 is 0. The summed E-state index contributed by atoms with van der Waals surface area (Å²) in [6.07, 6.45) is 0.832. The van der Waals surface area contributed by atoms with Gasteiger partial charge in [0, 0.05) is 0 Å². The minimum atomic E-state index is -1.35. The molecule has 0 bridgehead atoms. The quantitative estimate of drug-likeness (QED) is 0.649. The van der Waals surface area contributed by atoms with E-state index in [4.69, 9.17) is 10.0 Å². The van der Waals surface area contributed by atoms with Gasteiger partial charge in [-0.15, -0.1) is 0 Å². The summed E-state index contributed by atoms with van der Waals surface area (Å²) in [7, 11) is -1.35. The largest absolute Gasteiger partial charge is 0.488 e. The van der Waals surface area contributed by atoms with Crippen LogP contribution in [-0.4, -0.2) is 17.2 Å². The van der Waals surface area contributed by atoms with E-state index in [-0.39, 0.29) is 0 Å². The van der Waals surface area contributed by atoms with Gasteiger partial charge in [-0.05, 0) is 36.9 Å². The number of hydrogen-bond acceptors (Lipinski definition) is 2. The highest BCUT2D eigenvalue weighted by Crippen LogP contribution is 2.09. The van der Waals surface area contributed by atoms with Crippen LogP contribution >= 0.6 is 0 Å². The first-order valence-corrected chi connectivity index (χ1v) is 4.52. The van der Waals surface area contributed by atoms with E-state index in [1.54, 1.807) is 0 Å². The van der Waals surface area contributed by atoms with Gasteiger partial charge in [-0.1, -0.05) is 24.6 Å². The summed E-state index contributed by atoms with van der Waals surface area (Å²) in [6, 6.07) is 3.89. The summed E-state index contributed by atoms with van der Waals surface area (Å²) in [4.78, 5) is 0. The van der Waals surface area contributed by atoms with Crippen LogP contribution < -0.4 is 5.46 Å². The average Bonchev–Trinajstić information content (AvgIpc) is 2.02. The van der Waals surface area contributed by atoms with Crippen molar-refractivity contribution in [3.63, 3.8) is 0 Å². The fourth-order valence-corrected chi connectivity index (χ4v) is 1.74. The second-order valence-electron chi connectivity index (χ2n) is 3.38. The van der Waals surface area contributed by atoms with Gasteiger partial charge in [-0.3, -0.25) is 0 Å². The Morgan fingerprint density at radius 2 is 1.85 bits per heavy atom. The van der Waals surface area contributed by atoms with E-state index >= 15 is 0 Å². The summed E-state index contributed by atoms with van der Waals surface area (Å²) in [5.74, 6) is 0. The van der Waals surface area contributed by atoms with Crippen molar-refractivity contribution in [1.82, 2.24) is 0 Å². The van der Waals surface area contributed by atoms with Gasteiger partial charge in [0.05, 0.1) is 0 Å². The first-order valence-electron chi connectivity index (χ1n) is 4.52.